The third-order valence-electron chi connectivity index (χ3n) is 4.18. The van der Waals surface area contributed by atoms with Gasteiger partial charge in [0.2, 0.25) is 0 Å². The normalized spacial score (nSPS) is 21.8. The molecule has 1 aliphatic rings. The van der Waals surface area contributed by atoms with Crippen molar-refractivity contribution in [1.82, 2.24) is 0 Å². The first kappa shape index (κ1) is 15.0. The molecule has 1 fully saturated rings. The molecule has 0 amide bonds. The molecule has 0 radical (unpaired) electrons. The van der Waals surface area contributed by atoms with Crippen LogP contribution in [0.1, 0.15) is 78.1 Å². The average molecular weight is 260 g/mol. The van der Waals surface area contributed by atoms with Gasteiger partial charge in [0.1, 0.15) is 0 Å². The lowest BCUT2D eigenvalue weighted by Crippen LogP contribution is -2.34. The van der Waals surface area contributed by atoms with Gasteiger partial charge >= 0.3 is 0 Å². The molecule has 0 bridgehead atoms. The van der Waals surface area contributed by atoms with Crippen LogP contribution in [0.25, 0.3) is 0 Å². The molecule has 0 aromatic rings. The molecule has 0 aliphatic carbocycles. The highest BCUT2D eigenvalue weighted by atomic mass is 32.2. The van der Waals surface area contributed by atoms with Crippen LogP contribution in [0.3, 0.4) is 0 Å². The third-order valence-corrected chi connectivity index (χ3v) is 6.94. The quantitative estimate of drug-likeness (QED) is 0.616. The molecule has 1 aliphatic heterocycles. The summed E-state index contributed by atoms with van der Waals surface area (Å²) in [6, 6.07) is 0. The zero-order chi connectivity index (χ0) is 12.8. The van der Waals surface area contributed by atoms with Gasteiger partial charge in [-0.15, -0.1) is 0 Å². The Balaban J connectivity index is 2.63. The summed E-state index contributed by atoms with van der Waals surface area (Å²) in [5, 5.41) is 0. The maximum absolute atomic E-state index is 12.3. The molecule has 0 aromatic heterocycles. The lowest BCUT2D eigenvalue weighted by atomic mass is 9.90. The Bertz CT molecular complexity index is 296. The van der Waals surface area contributed by atoms with Gasteiger partial charge in [0, 0.05) is 0 Å². The van der Waals surface area contributed by atoms with Crippen LogP contribution in [0.4, 0.5) is 0 Å². The summed E-state index contributed by atoms with van der Waals surface area (Å²) >= 11 is 0. The van der Waals surface area contributed by atoms with Gasteiger partial charge in [-0.05, 0) is 25.7 Å². The van der Waals surface area contributed by atoms with Crippen LogP contribution < -0.4 is 0 Å². The maximum Gasteiger partial charge on any atom is 0.156 e. The molecule has 0 N–H and O–H groups in total. The molecule has 1 saturated heterocycles. The largest absolute Gasteiger partial charge is 0.228 e. The van der Waals surface area contributed by atoms with Gasteiger partial charge in [-0.2, -0.15) is 0 Å². The van der Waals surface area contributed by atoms with E-state index >= 15 is 0 Å². The summed E-state index contributed by atoms with van der Waals surface area (Å²) in [5.74, 6) is 0.436. The summed E-state index contributed by atoms with van der Waals surface area (Å²) in [5.41, 5.74) is 0. The molecular weight excluding hydrogens is 232 g/mol. The van der Waals surface area contributed by atoms with Crippen LogP contribution in [0, 0.1) is 0 Å². The van der Waals surface area contributed by atoms with Gasteiger partial charge in [0.05, 0.1) is 10.5 Å². The van der Waals surface area contributed by atoms with Gasteiger partial charge in [0.25, 0.3) is 0 Å². The molecule has 0 unspecified atom stereocenters. The van der Waals surface area contributed by atoms with Crippen molar-refractivity contribution in [1.29, 1.82) is 0 Å². The minimum Gasteiger partial charge on any atom is -0.228 e. The fraction of sp³-hybridized carbons (Fsp3) is 1.00. The van der Waals surface area contributed by atoms with Crippen LogP contribution in [0.2, 0.25) is 0 Å². The van der Waals surface area contributed by atoms with E-state index in [0.29, 0.717) is 5.75 Å². The molecule has 1 rings (SSSR count). The Kier molecular flexibility index (Phi) is 5.98. The highest BCUT2D eigenvalue weighted by Gasteiger charge is 2.46. The Morgan fingerprint density at radius 2 is 1.47 bits per heavy atom. The summed E-state index contributed by atoms with van der Waals surface area (Å²) < 4.78 is 24.2. The number of hydrogen-bond acceptors (Lipinski definition) is 2. The zero-order valence-corrected chi connectivity index (χ0v) is 12.3. The number of rotatable bonds is 8. The van der Waals surface area contributed by atoms with Crippen LogP contribution in [0.5, 0.6) is 0 Å². The van der Waals surface area contributed by atoms with Crippen molar-refractivity contribution < 1.29 is 8.42 Å². The van der Waals surface area contributed by atoms with E-state index in [0.717, 1.165) is 38.5 Å². The van der Waals surface area contributed by atoms with Gasteiger partial charge in [-0.1, -0.05) is 52.4 Å². The number of unbranched alkanes of at least 4 members (excludes halogenated alkanes) is 4. The van der Waals surface area contributed by atoms with E-state index in [-0.39, 0.29) is 4.75 Å². The second-order valence-electron chi connectivity index (χ2n) is 5.52. The summed E-state index contributed by atoms with van der Waals surface area (Å²) in [7, 11) is -2.81. The minimum atomic E-state index is -2.81. The van der Waals surface area contributed by atoms with E-state index in [9.17, 15) is 8.42 Å². The SMILES string of the molecule is CCCCCC1(CCCCC)CCCS1(=O)=O. The molecule has 1 heterocycles. The monoisotopic (exact) mass is 260 g/mol. The summed E-state index contributed by atoms with van der Waals surface area (Å²) in [6.07, 6.45) is 10.5. The Labute approximate surface area is 107 Å². The molecule has 0 aromatic carbocycles. The zero-order valence-electron chi connectivity index (χ0n) is 11.5. The molecule has 2 nitrogen and oxygen atoms in total. The maximum atomic E-state index is 12.3. The van der Waals surface area contributed by atoms with Gasteiger partial charge in [-0.3, -0.25) is 0 Å². The summed E-state index contributed by atoms with van der Waals surface area (Å²) in [6.45, 7) is 4.35. The minimum absolute atomic E-state index is 0.336. The van der Waals surface area contributed by atoms with E-state index in [2.05, 4.69) is 13.8 Å². The lowest BCUT2D eigenvalue weighted by molar-refractivity contribution is 0.416. The summed E-state index contributed by atoms with van der Waals surface area (Å²) in [4.78, 5) is 0. The highest BCUT2D eigenvalue weighted by molar-refractivity contribution is 7.93. The van der Waals surface area contributed by atoms with E-state index in [1.807, 2.05) is 0 Å². The molecule has 0 spiro atoms. The number of sulfone groups is 1. The molecule has 0 saturated carbocycles. The van der Waals surface area contributed by atoms with Crippen molar-refractivity contribution >= 4 is 9.84 Å². The molecule has 0 atom stereocenters. The van der Waals surface area contributed by atoms with Crippen LogP contribution in [0.15, 0.2) is 0 Å². The van der Waals surface area contributed by atoms with E-state index < -0.39 is 9.84 Å². The van der Waals surface area contributed by atoms with Gasteiger partial charge in [0.15, 0.2) is 9.84 Å². The third kappa shape index (κ3) is 3.70. The van der Waals surface area contributed by atoms with Crippen LogP contribution in [-0.2, 0) is 9.84 Å². The molecule has 17 heavy (non-hydrogen) atoms. The second kappa shape index (κ2) is 6.77. The number of hydrogen-bond donors (Lipinski definition) is 0. The average Bonchev–Trinajstić information content (AvgIpc) is 2.56. The van der Waals surface area contributed by atoms with Gasteiger partial charge in [-0.25, -0.2) is 8.42 Å². The van der Waals surface area contributed by atoms with Crippen molar-refractivity contribution in [3.05, 3.63) is 0 Å². The predicted octanol–water partition coefficient (Wildman–Crippen LogP) is 4.09. The highest BCUT2D eigenvalue weighted by Crippen LogP contribution is 2.41. The van der Waals surface area contributed by atoms with E-state index in [1.165, 1.54) is 25.7 Å². The Morgan fingerprint density at radius 3 is 1.82 bits per heavy atom. The lowest BCUT2D eigenvalue weighted by Gasteiger charge is -2.28. The molecule has 3 heteroatoms. The fourth-order valence-electron chi connectivity index (χ4n) is 3.04. The Morgan fingerprint density at radius 1 is 0.941 bits per heavy atom. The first-order valence-electron chi connectivity index (χ1n) is 7.30. The standard InChI is InChI=1S/C14H28O2S/c1-3-5-7-10-14(11-8-6-4-2)12-9-13-17(14,15)16/h3-13H2,1-2H3. The Hall–Kier alpha value is -0.0500. The second-order valence-corrected chi connectivity index (χ2v) is 8.02. The van der Waals surface area contributed by atoms with E-state index in [1.54, 1.807) is 0 Å². The van der Waals surface area contributed by atoms with Crippen LogP contribution >= 0.6 is 0 Å². The topological polar surface area (TPSA) is 34.1 Å². The van der Waals surface area contributed by atoms with E-state index in [4.69, 9.17) is 0 Å². The van der Waals surface area contributed by atoms with Crippen LogP contribution in [-0.4, -0.2) is 18.9 Å². The van der Waals surface area contributed by atoms with Crippen molar-refractivity contribution in [2.75, 3.05) is 5.75 Å². The van der Waals surface area contributed by atoms with Crippen molar-refractivity contribution in [2.45, 2.75) is 82.8 Å². The first-order valence-corrected chi connectivity index (χ1v) is 8.95. The molecular formula is C14H28O2S. The first-order chi connectivity index (χ1) is 8.08. The van der Waals surface area contributed by atoms with Gasteiger partial charge < -0.3 is 0 Å². The fourth-order valence-corrected chi connectivity index (χ4v) is 5.36. The predicted molar refractivity (Wildman–Crippen MR) is 74.0 cm³/mol. The van der Waals surface area contributed by atoms with Crippen molar-refractivity contribution in [3.8, 4) is 0 Å². The smallest absolute Gasteiger partial charge is 0.156 e. The van der Waals surface area contributed by atoms with Crippen molar-refractivity contribution in [3.63, 3.8) is 0 Å². The molecule has 102 valence electrons. The van der Waals surface area contributed by atoms with Crippen molar-refractivity contribution in [2.24, 2.45) is 0 Å².